The summed E-state index contributed by atoms with van der Waals surface area (Å²) in [5.74, 6) is 0.909. The zero-order valence-corrected chi connectivity index (χ0v) is 18.0. The number of piperidine rings is 1. The van der Waals surface area contributed by atoms with E-state index in [-0.39, 0.29) is 24.2 Å². The summed E-state index contributed by atoms with van der Waals surface area (Å²) in [6, 6.07) is 17.5. The Morgan fingerprint density at radius 2 is 1.84 bits per heavy atom. The van der Waals surface area contributed by atoms with Gasteiger partial charge in [-0.1, -0.05) is 30.3 Å². The SMILES string of the molecule is COc1ccc(N2CC(C(=O)N3CCCC(COCc4ccccc4)C3)CC2=O)cc1. The fourth-order valence-electron chi connectivity index (χ4n) is 4.46. The molecule has 2 aliphatic heterocycles. The minimum atomic E-state index is -0.279. The maximum atomic E-state index is 13.2. The third-order valence-corrected chi connectivity index (χ3v) is 6.15. The third-order valence-electron chi connectivity index (χ3n) is 6.15. The van der Waals surface area contributed by atoms with E-state index in [1.165, 1.54) is 0 Å². The van der Waals surface area contributed by atoms with Gasteiger partial charge in [0.2, 0.25) is 11.8 Å². The lowest BCUT2D eigenvalue weighted by atomic mass is 9.97. The van der Waals surface area contributed by atoms with Crippen LogP contribution in [0.4, 0.5) is 5.69 Å². The first-order valence-corrected chi connectivity index (χ1v) is 11.0. The largest absolute Gasteiger partial charge is 0.497 e. The Kier molecular flexibility index (Phi) is 6.87. The Labute approximate surface area is 183 Å². The lowest BCUT2D eigenvalue weighted by Gasteiger charge is -2.34. The van der Waals surface area contributed by atoms with Crippen LogP contribution in [0.3, 0.4) is 0 Å². The van der Waals surface area contributed by atoms with Crippen molar-refractivity contribution in [3.05, 3.63) is 60.2 Å². The Morgan fingerprint density at radius 1 is 1.06 bits per heavy atom. The second-order valence-corrected chi connectivity index (χ2v) is 8.40. The second kappa shape index (κ2) is 9.96. The average molecular weight is 423 g/mol. The molecule has 2 atom stereocenters. The number of hydrogen-bond acceptors (Lipinski definition) is 4. The molecule has 2 heterocycles. The van der Waals surface area contributed by atoms with Crippen LogP contribution >= 0.6 is 0 Å². The fourth-order valence-corrected chi connectivity index (χ4v) is 4.46. The molecule has 2 aliphatic rings. The van der Waals surface area contributed by atoms with Gasteiger partial charge in [-0.15, -0.1) is 0 Å². The molecule has 31 heavy (non-hydrogen) atoms. The minimum absolute atomic E-state index is 0.00303. The summed E-state index contributed by atoms with van der Waals surface area (Å²) in [6.45, 7) is 3.16. The van der Waals surface area contributed by atoms with E-state index in [4.69, 9.17) is 9.47 Å². The maximum absolute atomic E-state index is 13.2. The number of nitrogens with zero attached hydrogens (tertiary/aromatic N) is 2. The highest BCUT2D eigenvalue weighted by molar-refractivity contribution is 6.00. The van der Waals surface area contributed by atoms with Crippen molar-refractivity contribution in [1.29, 1.82) is 0 Å². The number of methoxy groups -OCH3 is 1. The van der Waals surface area contributed by atoms with Crippen LogP contribution in [0.1, 0.15) is 24.8 Å². The molecule has 2 fully saturated rings. The zero-order chi connectivity index (χ0) is 21.6. The molecule has 2 aromatic rings. The Hall–Kier alpha value is -2.86. The highest BCUT2D eigenvalue weighted by atomic mass is 16.5. The summed E-state index contributed by atoms with van der Waals surface area (Å²) < 4.78 is 11.1. The molecular weight excluding hydrogens is 392 g/mol. The number of benzene rings is 2. The third kappa shape index (κ3) is 5.25. The number of amides is 2. The van der Waals surface area contributed by atoms with Crippen molar-refractivity contribution in [2.24, 2.45) is 11.8 Å². The van der Waals surface area contributed by atoms with Crippen LogP contribution in [-0.2, 0) is 20.9 Å². The molecule has 0 N–H and O–H groups in total. The Balaban J connectivity index is 1.29. The summed E-state index contributed by atoms with van der Waals surface area (Å²) in [6.07, 6.45) is 2.32. The highest BCUT2D eigenvalue weighted by Gasteiger charge is 2.38. The summed E-state index contributed by atoms with van der Waals surface area (Å²) in [5.41, 5.74) is 1.97. The maximum Gasteiger partial charge on any atom is 0.228 e. The van der Waals surface area contributed by atoms with Crippen molar-refractivity contribution in [3.8, 4) is 5.75 Å². The van der Waals surface area contributed by atoms with Gasteiger partial charge < -0.3 is 19.3 Å². The van der Waals surface area contributed by atoms with E-state index in [1.54, 1.807) is 12.0 Å². The molecule has 2 amide bonds. The van der Waals surface area contributed by atoms with Crippen LogP contribution in [0.2, 0.25) is 0 Å². The molecule has 0 spiro atoms. The van der Waals surface area contributed by atoms with Crippen molar-refractivity contribution in [3.63, 3.8) is 0 Å². The first-order chi connectivity index (χ1) is 15.1. The van der Waals surface area contributed by atoms with E-state index >= 15 is 0 Å². The molecule has 2 saturated heterocycles. The van der Waals surface area contributed by atoms with Gasteiger partial charge in [0.05, 0.1) is 26.2 Å². The van der Waals surface area contributed by atoms with Gasteiger partial charge in [0, 0.05) is 31.7 Å². The smallest absolute Gasteiger partial charge is 0.228 e. The monoisotopic (exact) mass is 422 g/mol. The molecular formula is C25H30N2O4. The van der Waals surface area contributed by atoms with Gasteiger partial charge in [-0.25, -0.2) is 0 Å². The number of hydrogen-bond donors (Lipinski definition) is 0. The summed E-state index contributed by atoms with van der Waals surface area (Å²) in [4.78, 5) is 29.4. The number of rotatable bonds is 7. The Morgan fingerprint density at radius 3 is 2.58 bits per heavy atom. The first-order valence-electron chi connectivity index (χ1n) is 11.0. The lowest BCUT2D eigenvalue weighted by Crippen LogP contribution is -2.44. The van der Waals surface area contributed by atoms with Crippen molar-refractivity contribution in [2.75, 3.05) is 38.3 Å². The molecule has 0 aromatic heterocycles. The average Bonchev–Trinajstić information content (AvgIpc) is 3.21. The van der Waals surface area contributed by atoms with Crippen molar-refractivity contribution >= 4 is 17.5 Å². The standard InChI is InChI=1S/C25H30N2O4/c1-30-23-11-9-22(10-12-23)27-16-21(14-24(27)28)25(29)26-13-5-8-20(15-26)18-31-17-19-6-3-2-4-7-19/h2-4,6-7,9-12,20-21H,5,8,13-18H2,1H3. The van der Waals surface area contributed by atoms with Crippen LogP contribution < -0.4 is 9.64 Å². The van der Waals surface area contributed by atoms with E-state index in [0.29, 0.717) is 32.2 Å². The van der Waals surface area contributed by atoms with Gasteiger partial charge >= 0.3 is 0 Å². The normalized spacial score (nSPS) is 21.4. The molecule has 0 bridgehead atoms. The minimum Gasteiger partial charge on any atom is -0.497 e. The van der Waals surface area contributed by atoms with E-state index in [1.807, 2.05) is 47.4 Å². The number of ether oxygens (including phenoxy) is 2. The number of carbonyl (C=O) groups excluding carboxylic acids is 2. The second-order valence-electron chi connectivity index (χ2n) is 8.40. The van der Waals surface area contributed by atoms with Gasteiger partial charge in [0.1, 0.15) is 5.75 Å². The van der Waals surface area contributed by atoms with Crippen molar-refractivity contribution < 1.29 is 19.1 Å². The van der Waals surface area contributed by atoms with Gasteiger partial charge in [0.25, 0.3) is 0 Å². The molecule has 4 rings (SSSR count). The quantitative estimate of drug-likeness (QED) is 0.685. The van der Waals surface area contributed by atoms with E-state index < -0.39 is 0 Å². The van der Waals surface area contributed by atoms with Crippen LogP contribution in [-0.4, -0.2) is 50.1 Å². The van der Waals surface area contributed by atoms with Crippen LogP contribution in [0.15, 0.2) is 54.6 Å². The zero-order valence-electron chi connectivity index (χ0n) is 18.0. The van der Waals surface area contributed by atoms with E-state index in [0.717, 1.165) is 36.4 Å². The van der Waals surface area contributed by atoms with Crippen LogP contribution in [0, 0.1) is 11.8 Å². The predicted molar refractivity (Wildman–Crippen MR) is 119 cm³/mol. The molecule has 0 radical (unpaired) electrons. The fraction of sp³-hybridized carbons (Fsp3) is 0.440. The van der Waals surface area contributed by atoms with Crippen LogP contribution in [0.5, 0.6) is 5.75 Å². The van der Waals surface area contributed by atoms with Crippen molar-refractivity contribution in [2.45, 2.75) is 25.9 Å². The van der Waals surface area contributed by atoms with E-state index in [9.17, 15) is 9.59 Å². The van der Waals surface area contributed by atoms with Gasteiger partial charge in [0.15, 0.2) is 0 Å². The number of anilines is 1. The molecule has 6 nitrogen and oxygen atoms in total. The number of likely N-dealkylation sites (tertiary alicyclic amines) is 1. The van der Waals surface area contributed by atoms with Gasteiger partial charge in [-0.3, -0.25) is 9.59 Å². The summed E-state index contributed by atoms with van der Waals surface area (Å²) >= 11 is 0. The van der Waals surface area contributed by atoms with Crippen molar-refractivity contribution in [1.82, 2.24) is 4.90 Å². The van der Waals surface area contributed by atoms with Gasteiger partial charge in [-0.2, -0.15) is 0 Å². The molecule has 6 heteroatoms. The highest BCUT2D eigenvalue weighted by Crippen LogP contribution is 2.29. The lowest BCUT2D eigenvalue weighted by molar-refractivity contribution is -0.138. The predicted octanol–water partition coefficient (Wildman–Crippen LogP) is 3.50. The molecule has 0 aliphatic carbocycles. The molecule has 0 saturated carbocycles. The summed E-state index contributed by atoms with van der Waals surface area (Å²) in [7, 11) is 1.61. The molecule has 2 unspecified atom stereocenters. The summed E-state index contributed by atoms with van der Waals surface area (Å²) in [5, 5.41) is 0. The van der Waals surface area contributed by atoms with E-state index in [2.05, 4.69) is 12.1 Å². The van der Waals surface area contributed by atoms with Crippen LogP contribution in [0.25, 0.3) is 0 Å². The Bertz CT molecular complexity index is 884. The topological polar surface area (TPSA) is 59.1 Å². The molecule has 164 valence electrons. The number of carbonyl (C=O) groups is 2. The van der Waals surface area contributed by atoms with Gasteiger partial charge in [-0.05, 0) is 48.6 Å². The molecule has 2 aromatic carbocycles. The first kappa shape index (κ1) is 21.4.